The highest BCUT2D eigenvalue weighted by molar-refractivity contribution is 9.10. The molecule has 0 aliphatic heterocycles. The first-order valence-corrected chi connectivity index (χ1v) is 7.29. The normalized spacial score (nSPS) is 10.9. The largest absolute Gasteiger partial charge is 0.573 e. The van der Waals surface area contributed by atoms with Gasteiger partial charge in [-0.1, -0.05) is 28.1 Å². The minimum Gasteiger partial charge on any atom is -0.489 e. The summed E-state index contributed by atoms with van der Waals surface area (Å²) in [6.45, 7) is 0.241. The lowest BCUT2D eigenvalue weighted by molar-refractivity contribution is -0.274. The van der Waals surface area contributed by atoms with Gasteiger partial charge in [-0.25, -0.2) is 0 Å². The molecule has 23 heavy (non-hydrogen) atoms. The zero-order valence-corrected chi connectivity index (χ0v) is 13.3. The van der Waals surface area contributed by atoms with Crippen LogP contribution in [0, 0.1) is 11.3 Å². The number of hydrogen-bond acceptors (Lipinski definition) is 3. The molecule has 0 amide bonds. The van der Waals surface area contributed by atoms with Crippen molar-refractivity contribution in [2.45, 2.75) is 19.4 Å². The number of ether oxygens (including phenoxy) is 2. The van der Waals surface area contributed by atoms with E-state index in [1.807, 2.05) is 30.3 Å². The standard InChI is InChI=1S/C16H11BrF3NO2/c17-13-3-1-11(2-4-13)10-22-15-6-5-14(23-16(18,19)20)9-12(15)7-8-21/h1-6,9H,7,10H2. The van der Waals surface area contributed by atoms with E-state index in [1.54, 1.807) is 0 Å². The maximum atomic E-state index is 12.2. The molecule has 0 unspecified atom stereocenters. The smallest absolute Gasteiger partial charge is 0.489 e. The van der Waals surface area contributed by atoms with Crippen LogP contribution in [0.1, 0.15) is 11.1 Å². The van der Waals surface area contributed by atoms with Gasteiger partial charge >= 0.3 is 6.36 Å². The van der Waals surface area contributed by atoms with E-state index in [-0.39, 0.29) is 18.8 Å². The predicted molar refractivity (Wildman–Crippen MR) is 80.9 cm³/mol. The van der Waals surface area contributed by atoms with Crippen molar-refractivity contribution < 1.29 is 22.6 Å². The molecule has 0 aliphatic carbocycles. The summed E-state index contributed by atoms with van der Waals surface area (Å²) < 4.78 is 47.1. The van der Waals surface area contributed by atoms with Gasteiger partial charge in [-0.2, -0.15) is 5.26 Å². The van der Waals surface area contributed by atoms with E-state index in [2.05, 4.69) is 20.7 Å². The summed E-state index contributed by atoms with van der Waals surface area (Å²) in [6, 6.07) is 13.0. The minimum absolute atomic E-state index is 0.0786. The summed E-state index contributed by atoms with van der Waals surface area (Å²) in [6.07, 6.45) is -4.85. The molecule has 0 spiro atoms. The fraction of sp³-hybridized carbons (Fsp3) is 0.188. The number of hydrogen-bond donors (Lipinski definition) is 0. The zero-order valence-electron chi connectivity index (χ0n) is 11.7. The van der Waals surface area contributed by atoms with Gasteiger partial charge in [0.1, 0.15) is 18.1 Å². The van der Waals surface area contributed by atoms with Crippen molar-refractivity contribution in [1.82, 2.24) is 0 Å². The Morgan fingerprint density at radius 1 is 1.09 bits per heavy atom. The number of rotatable bonds is 5. The van der Waals surface area contributed by atoms with Crippen molar-refractivity contribution in [3.8, 4) is 17.6 Å². The van der Waals surface area contributed by atoms with Gasteiger partial charge in [0.2, 0.25) is 0 Å². The van der Waals surface area contributed by atoms with E-state index in [0.717, 1.165) is 22.2 Å². The van der Waals surface area contributed by atoms with E-state index in [9.17, 15) is 13.2 Å². The number of nitrogens with zero attached hydrogens (tertiary/aromatic N) is 1. The van der Waals surface area contributed by atoms with Crippen molar-refractivity contribution in [2.24, 2.45) is 0 Å². The van der Waals surface area contributed by atoms with E-state index in [0.29, 0.717) is 11.3 Å². The summed E-state index contributed by atoms with van der Waals surface area (Å²) >= 11 is 3.32. The third kappa shape index (κ3) is 5.49. The summed E-state index contributed by atoms with van der Waals surface area (Å²) in [5.41, 5.74) is 1.23. The summed E-state index contributed by atoms with van der Waals surface area (Å²) in [7, 11) is 0. The molecule has 2 aromatic carbocycles. The van der Waals surface area contributed by atoms with E-state index in [4.69, 9.17) is 10.00 Å². The van der Waals surface area contributed by atoms with Crippen molar-refractivity contribution in [1.29, 1.82) is 5.26 Å². The summed E-state index contributed by atoms with van der Waals surface area (Å²) in [5.74, 6) is -0.0252. The Balaban J connectivity index is 2.14. The van der Waals surface area contributed by atoms with Crippen LogP contribution in [-0.2, 0) is 13.0 Å². The van der Waals surface area contributed by atoms with Gasteiger partial charge in [-0.3, -0.25) is 0 Å². The van der Waals surface area contributed by atoms with Crippen molar-refractivity contribution in [2.75, 3.05) is 0 Å². The molecule has 0 N–H and O–H groups in total. The number of benzene rings is 2. The predicted octanol–water partition coefficient (Wildman–Crippen LogP) is 4.99. The molecular formula is C16H11BrF3NO2. The van der Waals surface area contributed by atoms with Gasteiger partial charge in [0.15, 0.2) is 0 Å². The van der Waals surface area contributed by atoms with Gasteiger partial charge in [-0.05, 0) is 35.9 Å². The van der Waals surface area contributed by atoms with Gasteiger partial charge in [-0.15, -0.1) is 13.2 Å². The average Bonchev–Trinajstić information content (AvgIpc) is 2.47. The molecule has 120 valence electrons. The summed E-state index contributed by atoms with van der Waals surface area (Å²) in [5, 5.41) is 8.81. The highest BCUT2D eigenvalue weighted by Crippen LogP contribution is 2.29. The molecule has 0 saturated heterocycles. The molecule has 0 saturated carbocycles. The lowest BCUT2D eigenvalue weighted by Gasteiger charge is -2.13. The van der Waals surface area contributed by atoms with E-state index < -0.39 is 6.36 Å². The van der Waals surface area contributed by atoms with Crippen LogP contribution in [-0.4, -0.2) is 6.36 Å². The second-order valence-electron chi connectivity index (χ2n) is 4.57. The van der Waals surface area contributed by atoms with Crippen molar-refractivity contribution in [3.05, 3.63) is 58.1 Å². The summed E-state index contributed by atoms with van der Waals surface area (Å²) in [4.78, 5) is 0. The Morgan fingerprint density at radius 2 is 1.78 bits per heavy atom. The van der Waals surface area contributed by atoms with E-state index in [1.165, 1.54) is 6.07 Å². The quantitative estimate of drug-likeness (QED) is 0.727. The average molecular weight is 386 g/mol. The first kappa shape index (κ1) is 17.2. The van der Waals surface area contributed by atoms with Crippen LogP contribution in [0.4, 0.5) is 13.2 Å². The lowest BCUT2D eigenvalue weighted by atomic mass is 10.1. The lowest BCUT2D eigenvalue weighted by Crippen LogP contribution is -2.17. The molecular weight excluding hydrogens is 375 g/mol. The van der Waals surface area contributed by atoms with Crippen LogP contribution >= 0.6 is 15.9 Å². The minimum atomic E-state index is -4.77. The topological polar surface area (TPSA) is 42.2 Å². The molecule has 0 atom stereocenters. The van der Waals surface area contributed by atoms with Crippen LogP contribution in [0.3, 0.4) is 0 Å². The van der Waals surface area contributed by atoms with Crippen LogP contribution in [0.2, 0.25) is 0 Å². The molecule has 0 radical (unpaired) electrons. The first-order valence-electron chi connectivity index (χ1n) is 6.50. The fourth-order valence-electron chi connectivity index (χ4n) is 1.86. The van der Waals surface area contributed by atoms with Crippen LogP contribution in [0.15, 0.2) is 46.9 Å². The second-order valence-corrected chi connectivity index (χ2v) is 5.48. The second kappa shape index (κ2) is 7.38. The molecule has 0 aromatic heterocycles. The molecule has 0 bridgehead atoms. The Morgan fingerprint density at radius 3 is 2.39 bits per heavy atom. The highest BCUT2D eigenvalue weighted by atomic mass is 79.9. The molecule has 3 nitrogen and oxygen atoms in total. The van der Waals surface area contributed by atoms with Gasteiger partial charge < -0.3 is 9.47 Å². The van der Waals surface area contributed by atoms with Crippen LogP contribution in [0.5, 0.6) is 11.5 Å². The van der Waals surface area contributed by atoms with Gasteiger partial charge in [0, 0.05) is 10.0 Å². The van der Waals surface area contributed by atoms with Crippen LogP contribution in [0.25, 0.3) is 0 Å². The fourth-order valence-corrected chi connectivity index (χ4v) is 2.12. The Bertz CT molecular complexity index is 709. The maximum Gasteiger partial charge on any atom is 0.573 e. The highest BCUT2D eigenvalue weighted by Gasteiger charge is 2.31. The third-order valence-electron chi connectivity index (χ3n) is 2.84. The zero-order chi connectivity index (χ0) is 16.9. The third-order valence-corrected chi connectivity index (χ3v) is 3.37. The van der Waals surface area contributed by atoms with Crippen molar-refractivity contribution >= 4 is 15.9 Å². The SMILES string of the molecule is N#CCc1cc(OC(F)(F)F)ccc1OCc1ccc(Br)cc1. The van der Waals surface area contributed by atoms with Crippen LogP contribution < -0.4 is 9.47 Å². The first-order chi connectivity index (χ1) is 10.9. The van der Waals surface area contributed by atoms with Crippen molar-refractivity contribution in [3.63, 3.8) is 0 Å². The number of halogens is 4. The Labute approximate surface area is 139 Å². The van der Waals surface area contributed by atoms with Gasteiger partial charge in [0.05, 0.1) is 12.5 Å². The monoisotopic (exact) mass is 385 g/mol. The molecule has 0 aliphatic rings. The molecule has 2 rings (SSSR count). The maximum absolute atomic E-state index is 12.2. The van der Waals surface area contributed by atoms with Gasteiger partial charge in [0.25, 0.3) is 0 Å². The molecule has 0 fully saturated rings. The molecule has 2 aromatic rings. The number of nitriles is 1. The molecule has 7 heteroatoms. The number of alkyl halides is 3. The molecule has 0 heterocycles. The van der Waals surface area contributed by atoms with E-state index >= 15 is 0 Å². The Kier molecular flexibility index (Phi) is 5.50. The Hall–Kier alpha value is -2.20.